The molecule has 5 rings (SSSR count). The number of nitriles is 1. The van der Waals surface area contributed by atoms with Crippen LogP contribution in [0.3, 0.4) is 0 Å². The first-order valence-electron chi connectivity index (χ1n) is 13.7. The summed E-state index contributed by atoms with van der Waals surface area (Å²) < 4.78 is 26.1. The first-order chi connectivity index (χ1) is 20.9. The van der Waals surface area contributed by atoms with Gasteiger partial charge in [0.25, 0.3) is 11.8 Å². The van der Waals surface area contributed by atoms with E-state index in [1.165, 1.54) is 12.1 Å². The monoisotopic (exact) mass is 576 g/mol. The summed E-state index contributed by atoms with van der Waals surface area (Å²) in [6.07, 6.45) is 3.93. The second-order valence-electron chi connectivity index (χ2n) is 9.93. The Balaban J connectivity index is 1.56. The van der Waals surface area contributed by atoms with Crippen molar-refractivity contribution in [2.45, 2.75) is 20.0 Å². The summed E-state index contributed by atoms with van der Waals surface area (Å²) in [5, 5.41) is 14.6. The maximum absolute atomic E-state index is 13.6. The first kappa shape index (κ1) is 29.2. The molecule has 0 saturated heterocycles. The second kappa shape index (κ2) is 13.1. The van der Waals surface area contributed by atoms with Crippen molar-refractivity contribution in [3.63, 3.8) is 0 Å². The zero-order valence-corrected chi connectivity index (χ0v) is 23.8. The van der Waals surface area contributed by atoms with Gasteiger partial charge < -0.3 is 9.47 Å². The van der Waals surface area contributed by atoms with E-state index in [1.54, 1.807) is 36.9 Å². The molecule has 1 aliphatic rings. The van der Waals surface area contributed by atoms with Gasteiger partial charge in [0.15, 0.2) is 0 Å². The van der Waals surface area contributed by atoms with E-state index < -0.39 is 11.8 Å². The van der Waals surface area contributed by atoms with Crippen molar-refractivity contribution in [3.05, 3.63) is 119 Å². The van der Waals surface area contributed by atoms with Crippen LogP contribution in [-0.4, -0.2) is 46.8 Å². The number of hydrogen-bond donors (Lipinski definition) is 0. The first-order valence-corrected chi connectivity index (χ1v) is 13.7. The van der Waals surface area contributed by atoms with Crippen LogP contribution in [0.2, 0.25) is 0 Å². The van der Waals surface area contributed by atoms with Crippen molar-refractivity contribution >= 4 is 17.9 Å². The highest BCUT2D eigenvalue weighted by Gasteiger charge is 2.35. The molecule has 0 atom stereocenters. The number of hydrogen-bond acceptors (Lipinski definition) is 6. The lowest BCUT2D eigenvalue weighted by molar-refractivity contribution is -0.140. The topological polar surface area (TPSA) is 97.5 Å². The maximum Gasteiger partial charge on any atom is 0.271 e. The van der Waals surface area contributed by atoms with E-state index >= 15 is 0 Å². The highest BCUT2D eigenvalue weighted by molar-refractivity contribution is 6.19. The SMILES string of the molecule is COCCCN1C(=O)C(C#N)=C(C)/C(=C\c2cn(-c3ccccc3)nc2-c2cccc(OCc3ccc(F)cc3)c2)C1=O. The summed E-state index contributed by atoms with van der Waals surface area (Å²) in [5.41, 5.74) is 4.04. The van der Waals surface area contributed by atoms with Crippen LogP contribution in [0.25, 0.3) is 23.0 Å². The predicted molar refractivity (Wildman–Crippen MR) is 159 cm³/mol. The summed E-state index contributed by atoms with van der Waals surface area (Å²) >= 11 is 0. The summed E-state index contributed by atoms with van der Waals surface area (Å²) in [7, 11) is 1.55. The summed E-state index contributed by atoms with van der Waals surface area (Å²) in [6, 6.07) is 25.0. The van der Waals surface area contributed by atoms with Gasteiger partial charge in [-0.05, 0) is 67.0 Å². The molecular weight excluding hydrogens is 547 g/mol. The van der Waals surface area contributed by atoms with Gasteiger partial charge in [-0.25, -0.2) is 9.07 Å². The number of methoxy groups -OCH3 is 1. The van der Waals surface area contributed by atoms with Gasteiger partial charge in [0.1, 0.15) is 35.5 Å². The number of benzene rings is 3. The predicted octanol–water partition coefficient (Wildman–Crippen LogP) is 5.89. The molecule has 43 heavy (non-hydrogen) atoms. The molecule has 0 spiro atoms. The summed E-state index contributed by atoms with van der Waals surface area (Å²) in [5.74, 6) is -0.815. The number of nitrogens with zero attached hydrogens (tertiary/aromatic N) is 4. The van der Waals surface area contributed by atoms with Crippen LogP contribution in [0.1, 0.15) is 24.5 Å². The highest BCUT2D eigenvalue weighted by Crippen LogP contribution is 2.32. The number of para-hydroxylation sites is 1. The molecule has 2 amide bonds. The number of aromatic nitrogens is 2. The number of imide groups is 1. The lowest BCUT2D eigenvalue weighted by Gasteiger charge is -2.27. The Morgan fingerprint density at radius 3 is 2.49 bits per heavy atom. The summed E-state index contributed by atoms with van der Waals surface area (Å²) in [6.45, 7) is 2.36. The molecule has 0 bridgehead atoms. The van der Waals surface area contributed by atoms with Gasteiger partial charge >= 0.3 is 0 Å². The lowest BCUT2D eigenvalue weighted by atomic mass is 9.93. The van der Waals surface area contributed by atoms with Crippen LogP contribution in [-0.2, 0) is 20.9 Å². The Morgan fingerprint density at radius 1 is 1.00 bits per heavy atom. The Labute approximate surface area is 248 Å². The molecule has 9 heteroatoms. The Bertz CT molecular complexity index is 1750. The smallest absolute Gasteiger partial charge is 0.271 e. The fourth-order valence-corrected chi connectivity index (χ4v) is 4.77. The quantitative estimate of drug-likeness (QED) is 0.133. The number of halogens is 1. The third kappa shape index (κ3) is 6.45. The van der Waals surface area contributed by atoms with Crippen LogP contribution in [0.4, 0.5) is 4.39 Å². The third-order valence-corrected chi connectivity index (χ3v) is 7.04. The van der Waals surface area contributed by atoms with Crippen LogP contribution in [0, 0.1) is 17.1 Å². The largest absolute Gasteiger partial charge is 0.489 e. The minimum atomic E-state index is -0.607. The molecule has 0 N–H and O–H groups in total. The number of carbonyl (C=O) groups excluding carboxylic acids is 2. The fraction of sp³-hybridized carbons (Fsp3) is 0.176. The van der Waals surface area contributed by atoms with Gasteiger partial charge in [-0.3, -0.25) is 14.5 Å². The van der Waals surface area contributed by atoms with Crippen molar-refractivity contribution in [3.8, 4) is 28.8 Å². The van der Waals surface area contributed by atoms with E-state index in [1.807, 2.05) is 66.9 Å². The van der Waals surface area contributed by atoms with Gasteiger partial charge in [0, 0.05) is 43.2 Å². The normalized spacial score (nSPS) is 14.4. The van der Waals surface area contributed by atoms with Crippen molar-refractivity contribution in [2.75, 3.05) is 20.3 Å². The summed E-state index contributed by atoms with van der Waals surface area (Å²) in [4.78, 5) is 27.7. The molecule has 0 unspecified atom stereocenters. The Kier molecular flexibility index (Phi) is 8.89. The minimum absolute atomic E-state index is 0.0727. The molecule has 4 aromatic rings. The minimum Gasteiger partial charge on any atom is -0.489 e. The van der Waals surface area contributed by atoms with Gasteiger partial charge in [-0.15, -0.1) is 0 Å². The van der Waals surface area contributed by atoms with Crippen LogP contribution >= 0.6 is 0 Å². The molecule has 0 saturated carbocycles. The van der Waals surface area contributed by atoms with E-state index in [0.29, 0.717) is 35.6 Å². The third-order valence-electron chi connectivity index (χ3n) is 7.04. The molecule has 8 nitrogen and oxygen atoms in total. The maximum atomic E-state index is 13.6. The number of ether oxygens (including phenoxy) is 2. The Morgan fingerprint density at radius 2 is 1.77 bits per heavy atom. The van der Waals surface area contributed by atoms with Crippen molar-refractivity contribution in [1.82, 2.24) is 14.7 Å². The molecule has 3 aromatic carbocycles. The van der Waals surface area contributed by atoms with E-state index in [2.05, 4.69) is 0 Å². The number of amides is 2. The molecule has 0 aliphatic carbocycles. The average Bonchev–Trinajstić information content (AvgIpc) is 3.45. The molecule has 216 valence electrons. The lowest BCUT2D eigenvalue weighted by Crippen LogP contribution is -2.43. The molecule has 2 heterocycles. The van der Waals surface area contributed by atoms with Crippen molar-refractivity contribution < 1.29 is 23.5 Å². The molecular formula is C34H29FN4O4. The fourth-order valence-electron chi connectivity index (χ4n) is 4.77. The van der Waals surface area contributed by atoms with Gasteiger partial charge in [0.05, 0.1) is 5.69 Å². The number of carbonyl (C=O) groups is 2. The van der Waals surface area contributed by atoms with E-state index in [-0.39, 0.29) is 30.1 Å². The number of rotatable bonds is 10. The van der Waals surface area contributed by atoms with Crippen LogP contribution in [0.15, 0.2) is 102 Å². The van der Waals surface area contributed by atoms with Gasteiger partial charge in [0.2, 0.25) is 0 Å². The Hall–Kier alpha value is -5.33. The van der Waals surface area contributed by atoms with Gasteiger partial charge in [-0.1, -0.05) is 42.5 Å². The van der Waals surface area contributed by atoms with Gasteiger partial charge in [-0.2, -0.15) is 10.4 Å². The zero-order valence-electron chi connectivity index (χ0n) is 23.8. The van der Waals surface area contributed by atoms with E-state index in [9.17, 15) is 19.2 Å². The average molecular weight is 577 g/mol. The van der Waals surface area contributed by atoms with Crippen LogP contribution < -0.4 is 4.74 Å². The van der Waals surface area contributed by atoms with Crippen molar-refractivity contribution in [1.29, 1.82) is 5.26 Å². The highest BCUT2D eigenvalue weighted by atomic mass is 19.1. The molecule has 1 aliphatic heterocycles. The van der Waals surface area contributed by atoms with E-state index in [0.717, 1.165) is 21.7 Å². The molecule has 0 fully saturated rings. The van der Waals surface area contributed by atoms with E-state index in [4.69, 9.17) is 14.6 Å². The molecule has 1 aromatic heterocycles. The second-order valence-corrected chi connectivity index (χ2v) is 9.93. The molecule has 0 radical (unpaired) electrons. The van der Waals surface area contributed by atoms with Crippen molar-refractivity contribution in [2.24, 2.45) is 0 Å². The standard InChI is InChI=1S/C34H29FN4O4/c1-23-30(33(40)38(16-7-17-42-2)34(41)31(23)20-36)19-26-21-39(28-9-4-3-5-10-28)37-32(26)25-8-6-11-29(18-25)43-22-24-12-14-27(35)15-13-24/h3-6,8-15,18-19,21H,7,16-17,22H2,1-2H3/b30-19+. The zero-order chi connectivity index (χ0) is 30.3. The van der Waals surface area contributed by atoms with Crippen LogP contribution in [0.5, 0.6) is 5.75 Å².